The number of methoxy groups -OCH3 is 1. The van der Waals surface area contributed by atoms with E-state index in [0.717, 1.165) is 6.07 Å². The maximum absolute atomic E-state index is 14.9. The lowest BCUT2D eigenvalue weighted by Crippen LogP contribution is -2.42. The summed E-state index contributed by atoms with van der Waals surface area (Å²) in [5, 5.41) is 13.2. The van der Waals surface area contributed by atoms with Crippen molar-refractivity contribution in [3.63, 3.8) is 0 Å². The number of carboxylic acids is 1. The van der Waals surface area contributed by atoms with Crippen molar-refractivity contribution in [2.75, 3.05) is 20.2 Å². The molecular formula is C35H33F5N2O4. The summed E-state index contributed by atoms with van der Waals surface area (Å²) in [6.07, 6.45) is -5.18. The Balaban J connectivity index is 1.58. The molecule has 0 bridgehead atoms. The molecule has 4 aromatic rings. The van der Waals surface area contributed by atoms with E-state index in [-0.39, 0.29) is 47.5 Å². The van der Waals surface area contributed by atoms with Crippen LogP contribution in [0.15, 0.2) is 66.7 Å². The number of rotatable bonds is 9. The van der Waals surface area contributed by atoms with Crippen LogP contribution in [0.5, 0.6) is 5.75 Å². The number of ether oxygens (including phenoxy) is 1. The number of nitrogens with zero attached hydrogens (tertiary/aromatic N) is 1. The molecule has 0 saturated carbocycles. The van der Waals surface area contributed by atoms with Crippen LogP contribution in [-0.4, -0.2) is 54.3 Å². The lowest BCUT2D eigenvalue weighted by Gasteiger charge is -2.30. The maximum Gasteiger partial charge on any atom is 0.417 e. The second-order valence-corrected chi connectivity index (χ2v) is 11.5. The summed E-state index contributed by atoms with van der Waals surface area (Å²) in [5.74, 6) is -3.06. The molecule has 242 valence electrons. The van der Waals surface area contributed by atoms with Gasteiger partial charge in [-0.05, 0) is 71.5 Å². The van der Waals surface area contributed by atoms with Crippen LogP contribution in [0, 0.1) is 12.7 Å². The van der Waals surface area contributed by atoms with Gasteiger partial charge in [0.2, 0.25) is 0 Å². The van der Waals surface area contributed by atoms with E-state index in [2.05, 4.69) is 5.32 Å². The smallest absolute Gasteiger partial charge is 0.417 e. The Morgan fingerprint density at radius 2 is 1.74 bits per heavy atom. The van der Waals surface area contributed by atoms with Gasteiger partial charge in [0, 0.05) is 25.1 Å². The van der Waals surface area contributed by atoms with Crippen LogP contribution in [0.25, 0.3) is 21.9 Å². The first kappa shape index (κ1) is 32.9. The number of hydrogen-bond donors (Lipinski definition) is 2. The largest absolute Gasteiger partial charge is 0.496 e. The number of alkyl halides is 4. The number of likely N-dealkylation sites (tertiary alicyclic amines) is 1. The van der Waals surface area contributed by atoms with Crippen molar-refractivity contribution in [2.45, 2.75) is 51.1 Å². The highest BCUT2D eigenvalue weighted by atomic mass is 19.4. The Kier molecular flexibility index (Phi) is 9.62. The Labute approximate surface area is 262 Å². The molecule has 1 amide bonds. The number of carbonyl (C=O) groups is 2. The number of amides is 1. The fraction of sp³-hybridized carbons (Fsp3) is 0.314. The Morgan fingerprint density at radius 3 is 2.41 bits per heavy atom. The van der Waals surface area contributed by atoms with Gasteiger partial charge in [0.25, 0.3) is 5.91 Å². The molecule has 6 nitrogen and oxygen atoms in total. The third-order valence-corrected chi connectivity index (χ3v) is 8.36. The van der Waals surface area contributed by atoms with Gasteiger partial charge in [0.15, 0.2) is 0 Å². The van der Waals surface area contributed by atoms with Crippen LogP contribution in [0.4, 0.5) is 22.0 Å². The number of nitrogens with one attached hydrogen (secondary N) is 1. The standard InChI is InChI=1S/C35H33F5N2O4/c1-20-7-3-13-27(37)30(20)33(43)41-28(34(44)45)17-21-8-4-11-25-24(21)10-5-12-26(25)31-29(46-2)15-14-22(32(31)35(38,39)40)18-42-16-6-9-23(36)19-42/h3-5,7-8,10-15,23,28H,6,9,16-19H2,1-2H3,(H,41,43)(H,44,45)/t23?,28-/m0/s1. The first-order valence-electron chi connectivity index (χ1n) is 14.8. The second kappa shape index (κ2) is 13.5. The number of benzene rings is 4. The average molecular weight is 641 g/mol. The molecular weight excluding hydrogens is 607 g/mol. The molecule has 11 heteroatoms. The predicted molar refractivity (Wildman–Crippen MR) is 164 cm³/mol. The first-order chi connectivity index (χ1) is 21.9. The van der Waals surface area contributed by atoms with E-state index in [0.29, 0.717) is 41.3 Å². The second-order valence-electron chi connectivity index (χ2n) is 11.5. The van der Waals surface area contributed by atoms with Crippen molar-refractivity contribution in [3.8, 4) is 16.9 Å². The van der Waals surface area contributed by atoms with Gasteiger partial charge in [-0.25, -0.2) is 13.6 Å². The van der Waals surface area contributed by atoms with Crippen LogP contribution in [-0.2, 0) is 23.9 Å². The predicted octanol–water partition coefficient (Wildman–Crippen LogP) is 7.34. The minimum Gasteiger partial charge on any atom is -0.496 e. The SMILES string of the molecule is COc1ccc(CN2CCCC(F)C2)c(C(F)(F)F)c1-c1cccc2c(C[C@H](NC(=O)c3c(C)cccc3F)C(=O)O)cccc12. The Bertz CT molecular complexity index is 1750. The van der Waals surface area contributed by atoms with Gasteiger partial charge in [-0.2, -0.15) is 13.2 Å². The number of aliphatic carboxylic acids is 1. The van der Waals surface area contributed by atoms with Crippen molar-refractivity contribution in [2.24, 2.45) is 0 Å². The normalized spacial score (nSPS) is 16.3. The summed E-state index contributed by atoms with van der Waals surface area (Å²) < 4.78 is 78.8. The fourth-order valence-electron chi connectivity index (χ4n) is 6.24. The molecule has 0 spiro atoms. The summed E-state index contributed by atoms with van der Waals surface area (Å²) in [6.45, 7) is 1.97. The van der Waals surface area contributed by atoms with Gasteiger partial charge in [-0.1, -0.05) is 54.6 Å². The molecule has 2 N–H and O–H groups in total. The van der Waals surface area contributed by atoms with Crippen LogP contribution < -0.4 is 10.1 Å². The molecule has 1 aliphatic heterocycles. The summed E-state index contributed by atoms with van der Waals surface area (Å²) in [4.78, 5) is 26.9. The molecule has 0 aromatic heterocycles. The van der Waals surface area contributed by atoms with E-state index in [4.69, 9.17) is 4.74 Å². The minimum absolute atomic E-state index is 0.00748. The molecule has 0 radical (unpaired) electrons. The number of carboxylic acid groups (broad SMARTS) is 1. The third kappa shape index (κ3) is 6.84. The van der Waals surface area contributed by atoms with E-state index in [1.54, 1.807) is 41.3 Å². The highest BCUT2D eigenvalue weighted by Crippen LogP contribution is 2.47. The number of carbonyl (C=O) groups excluding carboxylic acids is 1. The molecule has 5 rings (SSSR count). The minimum atomic E-state index is -4.78. The van der Waals surface area contributed by atoms with Crippen molar-refractivity contribution in [1.29, 1.82) is 0 Å². The summed E-state index contributed by atoms with van der Waals surface area (Å²) in [6, 6.07) is 15.1. The maximum atomic E-state index is 14.9. The zero-order valence-electron chi connectivity index (χ0n) is 25.3. The summed E-state index contributed by atoms with van der Waals surface area (Å²) >= 11 is 0. The molecule has 4 aromatic carbocycles. The molecule has 2 atom stereocenters. The zero-order chi connectivity index (χ0) is 33.2. The molecule has 1 unspecified atom stereocenters. The van der Waals surface area contributed by atoms with Gasteiger partial charge in [-0.3, -0.25) is 9.69 Å². The molecule has 0 aliphatic carbocycles. The van der Waals surface area contributed by atoms with Gasteiger partial charge in [0.1, 0.15) is 23.8 Å². The van der Waals surface area contributed by atoms with Gasteiger partial charge in [0.05, 0.1) is 18.2 Å². The first-order valence-corrected chi connectivity index (χ1v) is 14.8. The van der Waals surface area contributed by atoms with Gasteiger partial charge < -0.3 is 15.2 Å². The molecule has 46 heavy (non-hydrogen) atoms. The Morgan fingerprint density at radius 1 is 1.02 bits per heavy atom. The van der Waals surface area contributed by atoms with E-state index in [1.165, 1.54) is 38.3 Å². The van der Waals surface area contributed by atoms with Gasteiger partial charge in [-0.15, -0.1) is 0 Å². The van der Waals surface area contributed by atoms with Crippen molar-refractivity contribution in [1.82, 2.24) is 10.2 Å². The number of hydrogen-bond acceptors (Lipinski definition) is 4. The highest BCUT2D eigenvalue weighted by molar-refractivity contribution is 6.01. The average Bonchev–Trinajstić information content (AvgIpc) is 2.99. The van der Waals surface area contributed by atoms with Crippen LogP contribution in [0.2, 0.25) is 0 Å². The molecule has 1 heterocycles. The summed E-state index contributed by atoms with van der Waals surface area (Å²) in [5.41, 5.74) is -0.356. The van der Waals surface area contributed by atoms with E-state index in [1.807, 2.05) is 0 Å². The number of aryl methyl sites for hydroxylation is 1. The highest BCUT2D eigenvalue weighted by Gasteiger charge is 2.39. The van der Waals surface area contributed by atoms with E-state index in [9.17, 15) is 36.6 Å². The molecule has 1 saturated heterocycles. The quantitative estimate of drug-likeness (QED) is 0.187. The van der Waals surface area contributed by atoms with Crippen molar-refractivity contribution in [3.05, 3.63) is 100 Å². The fourth-order valence-corrected chi connectivity index (χ4v) is 6.24. The Hall–Kier alpha value is -4.51. The zero-order valence-corrected chi connectivity index (χ0v) is 25.3. The van der Waals surface area contributed by atoms with Crippen molar-refractivity contribution >= 4 is 22.6 Å². The number of halogens is 5. The van der Waals surface area contributed by atoms with Crippen LogP contribution in [0.3, 0.4) is 0 Å². The van der Waals surface area contributed by atoms with Gasteiger partial charge >= 0.3 is 12.1 Å². The topological polar surface area (TPSA) is 78.9 Å². The number of piperidine rings is 1. The van der Waals surface area contributed by atoms with E-state index < -0.39 is 41.6 Å². The van der Waals surface area contributed by atoms with Crippen LogP contribution >= 0.6 is 0 Å². The molecule has 1 fully saturated rings. The third-order valence-electron chi connectivity index (χ3n) is 8.36. The van der Waals surface area contributed by atoms with E-state index >= 15 is 0 Å². The monoisotopic (exact) mass is 640 g/mol. The lowest BCUT2D eigenvalue weighted by atomic mass is 9.88. The summed E-state index contributed by atoms with van der Waals surface area (Å²) in [7, 11) is 1.28. The lowest BCUT2D eigenvalue weighted by molar-refractivity contribution is -0.139. The number of fused-ring (bicyclic) bond motifs is 1. The molecule has 1 aliphatic rings. The van der Waals surface area contributed by atoms with Crippen LogP contribution in [0.1, 0.15) is 45.5 Å². The van der Waals surface area contributed by atoms with Crippen molar-refractivity contribution < 1.29 is 41.4 Å².